The van der Waals surface area contributed by atoms with Crippen molar-refractivity contribution in [2.75, 3.05) is 39.3 Å². The fourth-order valence-electron chi connectivity index (χ4n) is 1.73. The van der Waals surface area contributed by atoms with Crippen LogP contribution in [0, 0.1) is 5.92 Å². The molecule has 0 atom stereocenters. The molecule has 1 heterocycles. The number of nitrogens with zero attached hydrogens (tertiary/aromatic N) is 1. The van der Waals surface area contributed by atoms with Crippen molar-refractivity contribution in [1.29, 1.82) is 0 Å². The molecule has 0 spiro atoms. The van der Waals surface area contributed by atoms with E-state index < -0.39 is 0 Å². The molecule has 1 amide bonds. The standard InChI is InChI=1S/C11H23N3O.ClH/c1-10(2)9-11(15)13-5-8-14-6-3-12-4-7-14;/h10,12H,3-9H2,1-2H3,(H,13,15);1H. The van der Waals surface area contributed by atoms with Crippen LogP contribution in [0.1, 0.15) is 20.3 Å². The Bertz CT molecular complexity index is 194. The highest BCUT2D eigenvalue weighted by Gasteiger charge is 2.09. The minimum Gasteiger partial charge on any atom is -0.355 e. The van der Waals surface area contributed by atoms with Gasteiger partial charge in [0, 0.05) is 45.7 Å². The predicted octanol–water partition coefficient (Wildman–Crippen LogP) is 0.476. The molecule has 0 unspecified atom stereocenters. The first-order valence-electron chi connectivity index (χ1n) is 5.88. The summed E-state index contributed by atoms with van der Waals surface area (Å²) < 4.78 is 0. The summed E-state index contributed by atoms with van der Waals surface area (Å²) in [5.74, 6) is 0.629. The number of halogens is 1. The Morgan fingerprint density at radius 1 is 1.38 bits per heavy atom. The largest absolute Gasteiger partial charge is 0.355 e. The van der Waals surface area contributed by atoms with E-state index in [9.17, 15) is 4.79 Å². The molecule has 0 bridgehead atoms. The lowest BCUT2D eigenvalue weighted by atomic mass is 10.1. The number of rotatable bonds is 5. The second-order valence-electron chi connectivity index (χ2n) is 4.54. The summed E-state index contributed by atoms with van der Waals surface area (Å²) in [7, 11) is 0. The third-order valence-corrected chi connectivity index (χ3v) is 2.55. The summed E-state index contributed by atoms with van der Waals surface area (Å²) >= 11 is 0. The minimum absolute atomic E-state index is 0. The molecule has 16 heavy (non-hydrogen) atoms. The van der Waals surface area contributed by atoms with Crippen LogP contribution < -0.4 is 10.6 Å². The van der Waals surface area contributed by atoms with Gasteiger partial charge in [-0.05, 0) is 5.92 Å². The zero-order valence-electron chi connectivity index (χ0n) is 10.3. The van der Waals surface area contributed by atoms with E-state index >= 15 is 0 Å². The van der Waals surface area contributed by atoms with Crippen LogP contribution in [0.5, 0.6) is 0 Å². The number of carbonyl (C=O) groups excluding carboxylic acids is 1. The maximum Gasteiger partial charge on any atom is 0.220 e. The molecule has 1 aliphatic heterocycles. The summed E-state index contributed by atoms with van der Waals surface area (Å²) in [6.45, 7) is 10.2. The second kappa shape index (κ2) is 8.79. The van der Waals surface area contributed by atoms with E-state index in [2.05, 4.69) is 29.4 Å². The molecule has 0 aromatic carbocycles. The van der Waals surface area contributed by atoms with Crippen molar-refractivity contribution in [2.24, 2.45) is 5.92 Å². The van der Waals surface area contributed by atoms with Gasteiger partial charge in [-0.15, -0.1) is 12.4 Å². The van der Waals surface area contributed by atoms with Gasteiger partial charge in [-0.2, -0.15) is 0 Å². The van der Waals surface area contributed by atoms with Crippen LogP contribution in [-0.4, -0.2) is 50.1 Å². The summed E-state index contributed by atoms with van der Waals surface area (Å²) in [6.07, 6.45) is 0.640. The molecule has 0 aromatic rings. The van der Waals surface area contributed by atoms with Gasteiger partial charge < -0.3 is 10.6 Å². The van der Waals surface area contributed by atoms with E-state index in [0.29, 0.717) is 12.3 Å². The molecule has 1 fully saturated rings. The van der Waals surface area contributed by atoms with Gasteiger partial charge in [0.05, 0.1) is 0 Å². The molecule has 0 aliphatic carbocycles. The van der Waals surface area contributed by atoms with Gasteiger partial charge >= 0.3 is 0 Å². The highest BCUT2D eigenvalue weighted by molar-refractivity contribution is 5.85. The van der Waals surface area contributed by atoms with Crippen LogP contribution in [0.3, 0.4) is 0 Å². The quantitative estimate of drug-likeness (QED) is 0.745. The maximum atomic E-state index is 11.4. The number of hydrogen-bond acceptors (Lipinski definition) is 3. The van der Waals surface area contributed by atoms with Crippen molar-refractivity contribution in [3.63, 3.8) is 0 Å². The van der Waals surface area contributed by atoms with E-state index in [4.69, 9.17) is 0 Å². The summed E-state index contributed by atoms with van der Waals surface area (Å²) in [4.78, 5) is 13.7. The lowest BCUT2D eigenvalue weighted by Gasteiger charge is -2.27. The number of hydrogen-bond donors (Lipinski definition) is 2. The maximum absolute atomic E-state index is 11.4. The molecule has 0 radical (unpaired) electrons. The van der Waals surface area contributed by atoms with Gasteiger partial charge in [0.2, 0.25) is 5.91 Å². The van der Waals surface area contributed by atoms with Gasteiger partial charge in [0.25, 0.3) is 0 Å². The first kappa shape index (κ1) is 15.7. The van der Waals surface area contributed by atoms with Crippen LogP contribution in [-0.2, 0) is 4.79 Å². The Kier molecular flexibility index (Phi) is 8.61. The van der Waals surface area contributed by atoms with Gasteiger partial charge in [-0.1, -0.05) is 13.8 Å². The van der Waals surface area contributed by atoms with Crippen molar-refractivity contribution in [3.05, 3.63) is 0 Å². The zero-order chi connectivity index (χ0) is 11.1. The molecule has 0 aromatic heterocycles. The van der Waals surface area contributed by atoms with Crippen LogP contribution in [0.2, 0.25) is 0 Å². The van der Waals surface area contributed by atoms with Crippen LogP contribution in [0.25, 0.3) is 0 Å². The monoisotopic (exact) mass is 249 g/mol. The second-order valence-corrected chi connectivity index (χ2v) is 4.54. The fraction of sp³-hybridized carbons (Fsp3) is 0.909. The van der Waals surface area contributed by atoms with Gasteiger partial charge in [0.15, 0.2) is 0 Å². The molecular formula is C11H24ClN3O. The van der Waals surface area contributed by atoms with Crippen LogP contribution >= 0.6 is 12.4 Å². The van der Waals surface area contributed by atoms with Crippen molar-refractivity contribution in [1.82, 2.24) is 15.5 Å². The Hall–Kier alpha value is -0.320. The van der Waals surface area contributed by atoms with Crippen molar-refractivity contribution < 1.29 is 4.79 Å². The van der Waals surface area contributed by atoms with Gasteiger partial charge in [-0.3, -0.25) is 9.69 Å². The Morgan fingerprint density at radius 3 is 2.56 bits per heavy atom. The smallest absolute Gasteiger partial charge is 0.220 e. The van der Waals surface area contributed by atoms with Gasteiger partial charge in [-0.25, -0.2) is 0 Å². The average Bonchev–Trinajstić information content (AvgIpc) is 2.18. The van der Waals surface area contributed by atoms with Gasteiger partial charge in [0.1, 0.15) is 0 Å². The van der Waals surface area contributed by atoms with Crippen molar-refractivity contribution in [2.45, 2.75) is 20.3 Å². The van der Waals surface area contributed by atoms with Crippen LogP contribution in [0.15, 0.2) is 0 Å². The number of nitrogens with one attached hydrogen (secondary N) is 2. The molecule has 2 N–H and O–H groups in total. The SMILES string of the molecule is CC(C)CC(=O)NCCN1CCNCC1.Cl. The summed E-state index contributed by atoms with van der Waals surface area (Å²) in [5.41, 5.74) is 0. The third kappa shape index (κ3) is 7.04. The Labute approximate surface area is 105 Å². The lowest BCUT2D eigenvalue weighted by molar-refractivity contribution is -0.121. The van der Waals surface area contributed by atoms with Crippen molar-refractivity contribution >= 4 is 18.3 Å². The van der Waals surface area contributed by atoms with E-state index in [1.165, 1.54) is 0 Å². The average molecular weight is 250 g/mol. The molecule has 1 aliphatic rings. The minimum atomic E-state index is 0. The topological polar surface area (TPSA) is 44.4 Å². The Morgan fingerprint density at radius 2 is 2.00 bits per heavy atom. The third-order valence-electron chi connectivity index (χ3n) is 2.55. The molecule has 1 rings (SSSR count). The molecule has 5 heteroatoms. The van der Waals surface area contributed by atoms with Crippen molar-refractivity contribution in [3.8, 4) is 0 Å². The van der Waals surface area contributed by atoms with Crippen LogP contribution in [0.4, 0.5) is 0 Å². The summed E-state index contributed by atoms with van der Waals surface area (Å²) in [6, 6.07) is 0. The molecular weight excluding hydrogens is 226 g/mol. The first-order chi connectivity index (χ1) is 7.18. The number of carbonyl (C=O) groups is 1. The highest BCUT2D eigenvalue weighted by Crippen LogP contribution is 1.97. The molecule has 96 valence electrons. The van der Waals surface area contributed by atoms with E-state index in [1.807, 2.05) is 0 Å². The molecule has 0 saturated carbocycles. The summed E-state index contributed by atoms with van der Waals surface area (Å²) in [5, 5.41) is 6.27. The fourth-order valence-corrected chi connectivity index (χ4v) is 1.73. The van der Waals surface area contributed by atoms with E-state index in [0.717, 1.165) is 39.3 Å². The highest BCUT2D eigenvalue weighted by atomic mass is 35.5. The normalized spacial score (nSPS) is 16.9. The van der Waals surface area contributed by atoms with E-state index in [1.54, 1.807) is 0 Å². The Balaban J connectivity index is 0.00000225. The number of piperazine rings is 1. The predicted molar refractivity (Wildman–Crippen MR) is 69.0 cm³/mol. The number of amides is 1. The van der Waals surface area contributed by atoms with E-state index in [-0.39, 0.29) is 18.3 Å². The molecule has 4 nitrogen and oxygen atoms in total. The molecule has 1 saturated heterocycles. The first-order valence-corrected chi connectivity index (χ1v) is 5.88. The lowest BCUT2D eigenvalue weighted by Crippen LogP contribution is -2.46. The zero-order valence-corrected chi connectivity index (χ0v) is 11.1.